The van der Waals surface area contributed by atoms with E-state index in [0.29, 0.717) is 31.0 Å². The summed E-state index contributed by atoms with van der Waals surface area (Å²) in [6, 6.07) is 17.4. The molecule has 6 heteroatoms. The topological polar surface area (TPSA) is 59.5 Å². The van der Waals surface area contributed by atoms with E-state index < -0.39 is 10.0 Å². The standard InChI is InChI=1S/C20H20N2O3S/c1-25-18-8-7-16-13-17-9-11-22(20(17)21-19(16)14-18)26(23,24)12-10-15-5-3-2-4-6-15/h2-8,13-14H,9-12H2,1H3. The van der Waals surface area contributed by atoms with E-state index in [1.54, 1.807) is 7.11 Å². The van der Waals surface area contributed by atoms with Gasteiger partial charge in [-0.3, -0.25) is 4.31 Å². The average Bonchev–Trinajstić information content (AvgIpc) is 3.08. The molecule has 0 fully saturated rings. The lowest BCUT2D eigenvalue weighted by Gasteiger charge is -2.19. The Labute approximate surface area is 153 Å². The Morgan fingerprint density at radius 3 is 2.69 bits per heavy atom. The second-order valence-corrected chi connectivity index (χ2v) is 8.42. The van der Waals surface area contributed by atoms with Crippen LogP contribution in [0, 0.1) is 0 Å². The molecule has 0 unspecified atom stereocenters. The lowest BCUT2D eigenvalue weighted by atomic mass is 10.1. The molecule has 2 aromatic carbocycles. The zero-order valence-electron chi connectivity index (χ0n) is 14.6. The minimum atomic E-state index is -3.42. The van der Waals surface area contributed by atoms with Gasteiger partial charge in [-0.2, -0.15) is 0 Å². The summed E-state index contributed by atoms with van der Waals surface area (Å²) in [4.78, 5) is 4.63. The van der Waals surface area contributed by atoms with E-state index in [0.717, 1.165) is 22.0 Å². The largest absolute Gasteiger partial charge is 0.497 e. The van der Waals surface area contributed by atoms with Gasteiger partial charge in [0.1, 0.15) is 11.6 Å². The van der Waals surface area contributed by atoms with Crippen molar-refractivity contribution >= 4 is 26.7 Å². The Balaban J connectivity index is 1.64. The van der Waals surface area contributed by atoms with Crippen molar-refractivity contribution in [2.24, 2.45) is 0 Å². The van der Waals surface area contributed by atoms with E-state index in [-0.39, 0.29) is 5.75 Å². The summed E-state index contributed by atoms with van der Waals surface area (Å²) in [7, 11) is -1.81. The lowest BCUT2D eigenvalue weighted by molar-refractivity contribution is 0.415. The molecule has 0 aliphatic carbocycles. The van der Waals surface area contributed by atoms with E-state index in [1.807, 2.05) is 54.6 Å². The summed E-state index contributed by atoms with van der Waals surface area (Å²) in [5.41, 5.74) is 2.74. The van der Waals surface area contributed by atoms with Gasteiger partial charge in [0.2, 0.25) is 10.0 Å². The quantitative estimate of drug-likeness (QED) is 0.694. The lowest BCUT2D eigenvalue weighted by Crippen LogP contribution is -2.32. The van der Waals surface area contributed by atoms with Crippen LogP contribution in [0.25, 0.3) is 10.9 Å². The van der Waals surface area contributed by atoms with Crippen LogP contribution in [-0.2, 0) is 22.9 Å². The van der Waals surface area contributed by atoms with E-state index in [9.17, 15) is 8.42 Å². The van der Waals surface area contributed by atoms with Crippen LogP contribution < -0.4 is 9.04 Å². The molecule has 1 aromatic heterocycles. The first-order valence-electron chi connectivity index (χ1n) is 8.59. The number of ether oxygens (including phenoxy) is 1. The zero-order valence-corrected chi connectivity index (χ0v) is 15.4. The molecule has 0 atom stereocenters. The van der Waals surface area contributed by atoms with Gasteiger partial charge in [0.25, 0.3) is 0 Å². The van der Waals surface area contributed by atoms with Crippen molar-refractivity contribution in [1.82, 2.24) is 4.98 Å². The molecule has 1 aliphatic heterocycles. The highest BCUT2D eigenvalue weighted by molar-refractivity contribution is 7.92. The van der Waals surface area contributed by atoms with E-state index in [4.69, 9.17) is 4.74 Å². The maximum atomic E-state index is 12.9. The predicted octanol–water partition coefficient (Wildman–Crippen LogP) is 3.18. The normalized spacial score (nSPS) is 13.8. The van der Waals surface area contributed by atoms with Crippen LogP contribution in [0.3, 0.4) is 0 Å². The second-order valence-electron chi connectivity index (χ2n) is 6.40. The summed E-state index contributed by atoms with van der Waals surface area (Å²) in [6.07, 6.45) is 1.19. The van der Waals surface area contributed by atoms with Crippen molar-refractivity contribution in [2.45, 2.75) is 12.8 Å². The maximum absolute atomic E-state index is 12.9. The summed E-state index contributed by atoms with van der Waals surface area (Å²) >= 11 is 0. The molecule has 134 valence electrons. The molecule has 2 heterocycles. The fraction of sp³-hybridized carbons (Fsp3) is 0.250. The third-order valence-electron chi connectivity index (χ3n) is 4.73. The van der Waals surface area contributed by atoms with Crippen molar-refractivity contribution in [2.75, 3.05) is 23.7 Å². The van der Waals surface area contributed by atoms with Gasteiger partial charge in [0.05, 0.1) is 18.4 Å². The number of methoxy groups -OCH3 is 1. The highest BCUT2D eigenvalue weighted by Crippen LogP contribution is 2.32. The first-order valence-corrected chi connectivity index (χ1v) is 10.2. The van der Waals surface area contributed by atoms with E-state index in [1.165, 1.54) is 4.31 Å². The molecule has 0 radical (unpaired) electrons. The third kappa shape index (κ3) is 3.12. The van der Waals surface area contributed by atoms with Crippen LogP contribution in [0.2, 0.25) is 0 Å². The number of aryl methyl sites for hydroxylation is 1. The number of pyridine rings is 1. The summed E-state index contributed by atoms with van der Waals surface area (Å²) in [5.74, 6) is 1.34. The van der Waals surface area contributed by atoms with Crippen LogP contribution in [0.15, 0.2) is 54.6 Å². The number of anilines is 1. The van der Waals surface area contributed by atoms with E-state index in [2.05, 4.69) is 4.98 Å². The number of aromatic nitrogens is 1. The van der Waals surface area contributed by atoms with Crippen molar-refractivity contribution in [1.29, 1.82) is 0 Å². The Bertz CT molecular complexity index is 1050. The monoisotopic (exact) mass is 368 g/mol. The number of benzene rings is 2. The first-order chi connectivity index (χ1) is 12.6. The van der Waals surface area contributed by atoms with Gasteiger partial charge in [-0.05, 0) is 42.2 Å². The van der Waals surface area contributed by atoms with Crippen molar-refractivity contribution in [3.8, 4) is 5.75 Å². The van der Waals surface area contributed by atoms with Gasteiger partial charge in [-0.1, -0.05) is 30.3 Å². The molecule has 0 bridgehead atoms. The molecule has 0 saturated carbocycles. The van der Waals surface area contributed by atoms with Gasteiger partial charge in [-0.25, -0.2) is 13.4 Å². The highest BCUT2D eigenvalue weighted by atomic mass is 32.2. The zero-order chi connectivity index (χ0) is 18.1. The molecule has 3 aromatic rings. The molecular weight excluding hydrogens is 348 g/mol. The first kappa shape index (κ1) is 16.8. The Morgan fingerprint density at radius 1 is 1.12 bits per heavy atom. The molecule has 0 amide bonds. The number of nitrogens with zero attached hydrogens (tertiary/aromatic N) is 2. The van der Waals surface area contributed by atoms with Gasteiger partial charge in [0.15, 0.2) is 0 Å². The summed E-state index contributed by atoms with van der Waals surface area (Å²) in [6.45, 7) is 0.451. The fourth-order valence-corrected chi connectivity index (χ4v) is 4.81. The molecule has 0 saturated heterocycles. The van der Waals surface area contributed by atoms with Crippen LogP contribution in [0.4, 0.5) is 5.82 Å². The molecule has 1 aliphatic rings. The molecule has 0 N–H and O–H groups in total. The number of fused-ring (bicyclic) bond motifs is 2. The van der Waals surface area contributed by atoms with Crippen LogP contribution in [-0.4, -0.2) is 32.8 Å². The van der Waals surface area contributed by atoms with Crippen LogP contribution >= 0.6 is 0 Å². The predicted molar refractivity (Wildman–Crippen MR) is 103 cm³/mol. The minimum Gasteiger partial charge on any atom is -0.497 e. The maximum Gasteiger partial charge on any atom is 0.236 e. The summed E-state index contributed by atoms with van der Waals surface area (Å²) < 4.78 is 32.5. The Kier molecular flexibility index (Phi) is 4.28. The van der Waals surface area contributed by atoms with Gasteiger partial charge in [-0.15, -0.1) is 0 Å². The third-order valence-corrected chi connectivity index (χ3v) is 6.48. The number of sulfonamides is 1. The van der Waals surface area contributed by atoms with Gasteiger partial charge >= 0.3 is 0 Å². The van der Waals surface area contributed by atoms with Crippen molar-refractivity contribution < 1.29 is 13.2 Å². The number of hydrogen-bond acceptors (Lipinski definition) is 4. The molecule has 5 nitrogen and oxygen atoms in total. The minimum absolute atomic E-state index is 0.0777. The number of rotatable bonds is 5. The second kappa shape index (κ2) is 6.61. The summed E-state index contributed by atoms with van der Waals surface area (Å²) in [5, 5.41) is 0.994. The molecule has 4 rings (SSSR count). The fourth-order valence-electron chi connectivity index (χ4n) is 3.31. The smallest absolute Gasteiger partial charge is 0.236 e. The van der Waals surface area contributed by atoms with Gasteiger partial charge in [0, 0.05) is 18.0 Å². The number of hydrogen-bond donors (Lipinski definition) is 0. The average molecular weight is 368 g/mol. The SMILES string of the molecule is COc1ccc2cc3c(nc2c1)N(S(=O)(=O)CCc1ccccc1)CC3. The van der Waals surface area contributed by atoms with Crippen LogP contribution in [0.1, 0.15) is 11.1 Å². The molecular formula is C20H20N2O3S. The van der Waals surface area contributed by atoms with Crippen molar-refractivity contribution in [3.63, 3.8) is 0 Å². The Hall–Kier alpha value is -2.60. The van der Waals surface area contributed by atoms with Gasteiger partial charge < -0.3 is 4.74 Å². The molecule has 26 heavy (non-hydrogen) atoms. The van der Waals surface area contributed by atoms with E-state index >= 15 is 0 Å². The molecule has 0 spiro atoms. The van der Waals surface area contributed by atoms with Crippen LogP contribution in [0.5, 0.6) is 5.75 Å². The highest BCUT2D eigenvalue weighted by Gasteiger charge is 2.30. The Morgan fingerprint density at radius 2 is 1.92 bits per heavy atom. The van der Waals surface area contributed by atoms with Crippen molar-refractivity contribution in [3.05, 3.63) is 65.7 Å².